The van der Waals surface area contributed by atoms with Gasteiger partial charge in [0.2, 0.25) is 0 Å². The second-order valence-corrected chi connectivity index (χ2v) is 3.21. The largest absolute Gasteiger partial charge is 0.391 e. The Balaban J connectivity index is 2.41. The maximum absolute atomic E-state index is 5.05. The van der Waals surface area contributed by atoms with Crippen LogP contribution in [0, 0.1) is 0 Å². The van der Waals surface area contributed by atoms with Crippen molar-refractivity contribution in [1.82, 2.24) is 4.98 Å². The monoisotopic (exact) mass is 184 g/mol. The minimum absolute atomic E-state index is 0.537. The second-order valence-electron chi connectivity index (χ2n) is 3.21. The first-order valence-electron chi connectivity index (χ1n) is 4.47. The standard InChI is InChI=1S/C11H8N2O/c1-2-9-10-7-14-13-6-8(10)3-4-11(9)12-5-1/h1-6H,7H2. The molecule has 0 unspecified atom stereocenters. The zero-order valence-corrected chi connectivity index (χ0v) is 7.47. The van der Waals surface area contributed by atoms with Crippen LogP contribution in [0.4, 0.5) is 0 Å². The fourth-order valence-electron chi connectivity index (χ4n) is 1.71. The van der Waals surface area contributed by atoms with E-state index in [0.29, 0.717) is 6.61 Å². The molecule has 3 rings (SSSR count). The molecule has 0 amide bonds. The highest BCUT2D eigenvalue weighted by Crippen LogP contribution is 2.22. The van der Waals surface area contributed by atoms with E-state index in [-0.39, 0.29) is 0 Å². The molecule has 0 fully saturated rings. The van der Waals surface area contributed by atoms with Crippen LogP contribution in [-0.2, 0) is 11.4 Å². The van der Waals surface area contributed by atoms with Crippen molar-refractivity contribution < 1.29 is 4.84 Å². The molecule has 0 saturated carbocycles. The molecule has 0 aliphatic carbocycles. The molecule has 0 spiro atoms. The highest BCUT2D eigenvalue weighted by atomic mass is 16.6. The Morgan fingerprint density at radius 2 is 2.21 bits per heavy atom. The van der Waals surface area contributed by atoms with Gasteiger partial charge in [-0.1, -0.05) is 17.3 Å². The fraction of sp³-hybridized carbons (Fsp3) is 0.0909. The summed E-state index contributed by atoms with van der Waals surface area (Å²) in [5.41, 5.74) is 3.30. The molecule has 0 atom stereocenters. The van der Waals surface area contributed by atoms with Crippen LogP contribution in [0.25, 0.3) is 10.9 Å². The van der Waals surface area contributed by atoms with Gasteiger partial charge in [0.05, 0.1) is 11.7 Å². The molecular formula is C11H8N2O. The molecule has 3 nitrogen and oxygen atoms in total. The van der Waals surface area contributed by atoms with Gasteiger partial charge in [-0.3, -0.25) is 4.98 Å². The van der Waals surface area contributed by atoms with Crippen LogP contribution in [0.3, 0.4) is 0 Å². The van der Waals surface area contributed by atoms with Crippen molar-refractivity contribution in [1.29, 1.82) is 0 Å². The molecule has 1 aromatic heterocycles. The van der Waals surface area contributed by atoms with E-state index in [1.165, 1.54) is 5.56 Å². The smallest absolute Gasteiger partial charge is 0.143 e. The first-order valence-corrected chi connectivity index (χ1v) is 4.47. The maximum Gasteiger partial charge on any atom is 0.143 e. The lowest BCUT2D eigenvalue weighted by atomic mass is 10.0. The van der Waals surface area contributed by atoms with Crippen LogP contribution < -0.4 is 0 Å². The lowest BCUT2D eigenvalue weighted by molar-refractivity contribution is 0.129. The highest BCUT2D eigenvalue weighted by molar-refractivity contribution is 5.92. The van der Waals surface area contributed by atoms with Gasteiger partial charge in [-0.25, -0.2) is 0 Å². The predicted octanol–water partition coefficient (Wildman–Crippen LogP) is 2.10. The quantitative estimate of drug-likeness (QED) is 0.628. The van der Waals surface area contributed by atoms with Crippen molar-refractivity contribution in [2.24, 2.45) is 5.16 Å². The number of benzene rings is 1. The molecule has 0 saturated heterocycles. The third-order valence-electron chi connectivity index (χ3n) is 2.41. The zero-order valence-electron chi connectivity index (χ0n) is 7.47. The first kappa shape index (κ1) is 7.50. The van der Waals surface area contributed by atoms with E-state index >= 15 is 0 Å². The summed E-state index contributed by atoms with van der Waals surface area (Å²) in [5.74, 6) is 0. The SMILES string of the molecule is C1=NOCc2c1ccc1ncccc21. The average Bonchev–Trinajstić information content (AvgIpc) is 2.29. The summed E-state index contributed by atoms with van der Waals surface area (Å²) >= 11 is 0. The van der Waals surface area contributed by atoms with Crippen LogP contribution in [0.15, 0.2) is 35.6 Å². The molecule has 3 heteroatoms. The minimum atomic E-state index is 0.537. The lowest BCUT2D eigenvalue weighted by Gasteiger charge is -2.11. The van der Waals surface area contributed by atoms with E-state index in [1.54, 1.807) is 12.4 Å². The summed E-state index contributed by atoms with van der Waals surface area (Å²) in [5, 5.41) is 4.93. The number of oxime groups is 1. The summed E-state index contributed by atoms with van der Waals surface area (Å²) in [7, 11) is 0. The van der Waals surface area contributed by atoms with Gasteiger partial charge in [-0.05, 0) is 12.1 Å². The van der Waals surface area contributed by atoms with Crippen LogP contribution >= 0.6 is 0 Å². The van der Waals surface area contributed by atoms with Crippen molar-refractivity contribution in [2.75, 3.05) is 0 Å². The van der Waals surface area contributed by atoms with Gasteiger partial charge in [0.25, 0.3) is 0 Å². The summed E-state index contributed by atoms with van der Waals surface area (Å²) in [4.78, 5) is 9.33. The molecule has 1 aromatic carbocycles. The van der Waals surface area contributed by atoms with Crippen LogP contribution in [-0.4, -0.2) is 11.2 Å². The number of rotatable bonds is 0. The number of hydrogen-bond donors (Lipinski definition) is 0. The van der Waals surface area contributed by atoms with E-state index in [2.05, 4.69) is 16.2 Å². The van der Waals surface area contributed by atoms with Gasteiger partial charge >= 0.3 is 0 Å². The van der Waals surface area contributed by atoms with Gasteiger partial charge in [-0.15, -0.1) is 0 Å². The Morgan fingerprint density at radius 1 is 1.21 bits per heavy atom. The van der Waals surface area contributed by atoms with Crippen molar-refractivity contribution in [3.05, 3.63) is 41.6 Å². The zero-order chi connectivity index (χ0) is 9.38. The first-order chi connectivity index (χ1) is 6.95. The molecule has 1 aliphatic rings. The topological polar surface area (TPSA) is 34.5 Å². The van der Waals surface area contributed by atoms with Gasteiger partial charge in [-0.2, -0.15) is 0 Å². The van der Waals surface area contributed by atoms with Gasteiger partial charge in [0, 0.05) is 22.7 Å². The molecule has 68 valence electrons. The summed E-state index contributed by atoms with van der Waals surface area (Å²) in [6, 6.07) is 8.03. The third kappa shape index (κ3) is 0.988. The Hall–Kier alpha value is -1.90. The van der Waals surface area contributed by atoms with Gasteiger partial charge < -0.3 is 4.84 Å². The van der Waals surface area contributed by atoms with E-state index in [0.717, 1.165) is 16.5 Å². The predicted molar refractivity (Wildman–Crippen MR) is 54.1 cm³/mol. The molecule has 14 heavy (non-hydrogen) atoms. The number of hydrogen-bond acceptors (Lipinski definition) is 3. The van der Waals surface area contributed by atoms with Crippen molar-refractivity contribution in [3.63, 3.8) is 0 Å². The maximum atomic E-state index is 5.05. The molecule has 1 aliphatic heterocycles. The van der Waals surface area contributed by atoms with Crippen LogP contribution in [0.1, 0.15) is 11.1 Å². The van der Waals surface area contributed by atoms with Crippen LogP contribution in [0.2, 0.25) is 0 Å². The van der Waals surface area contributed by atoms with E-state index < -0.39 is 0 Å². The van der Waals surface area contributed by atoms with E-state index in [1.807, 2.05) is 18.2 Å². The summed E-state index contributed by atoms with van der Waals surface area (Å²) < 4.78 is 0. The van der Waals surface area contributed by atoms with Crippen LogP contribution in [0.5, 0.6) is 0 Å². The Labute approximate surface area is 81.0 Å². The van der Waals surface area contributed by atoms with Gasteiger partial charge in [0.15, 0.2) is 0 Å². The van der Waals surface area contributed by atoms with Crippen molar-refractivity contribution in [3.8, 4) is 0 Å². The average molecular weight is 184 g/mol. The number of nitrogens with zero attached hydrogens (tertiary/aromatic N) is 2. The van der Waals surface area contributed by atoms with Crippen molar-refractivity contribution >= 4 is 17.1 Å². The van der Waals surface area contributed by atoms with E-state index in [9.17, 15) is 0 Å². The highest BCUT2D eigenvalue weighted by Gasteiger charge is 2.10. The molecule has 2 heterocycles. The summed E-state index contributed by atoms with van der Waals surface area (Å²) in [6.07, 6.45) is 3.54. The molecule has 2 aromatic rings. The number of fused-ring (bicyclic) bond motifs is 3. The second kappa shape index (κ2) is 2.80. The fourth-order valence-corrected chi connectivity index (χ4v) is 1.71. The lowest BCUT2D eigenvalue weighted by Crippen LogP contribution is -2.02. The number of aromatic nitrogens is 1. The summed E-state index contributed by atoms with van der Waals surface area (Å²) in [6.45, 7) is 0.537. The normalized spacial score (nSPS) is 13.7. The third-order valence-corrected chi connectivity index (χ3v) is 2.41. The Kier molecular flexibility index (Phi) is 1.50. The Bertz CT molecular complexity index is 520. The van der Waals surface area contributed by atoms with Crippen molar-refractivity contribution in [2.45, 2.75) is 6.61 Å². The molecule has 0 radical (unpaired) electrons. The van der Waals surface area contributed by atoms with E-state index in [4.69, 9.17) is 4.84 Å². The number of pyridine rings is 1. The Morgan fingerprint density at radius 3 is 3.21 bits per heavy atom. The van der Waals surface area contributed by atoms with Gasteiger partial charge in [0.1, 0.15) is 6.61 Å². The molecular weight excluding hydrogens is 176 g/mol. The molecule has 0 N–H and O–H groups in total. The minimum Gasteiger partial charge on any atom is -0.391 e. The molecule has 0 bridgehead atoms.